The normalized spacial score (nSPS) is 14.3. The van der Waals surface area contributed by atoms with Crippen LogP contribution in [0.1, 0.15) is 17.2 Å². The van der Waals surface area contributed by atoms with Crippen LogP contribution in [0.4, 0.5) is 0 Å². The SMILES string of the molecule is c1ccc(-c2c3ccccc3c(-c3cc4c(c5oc6ccccc6c35)OC(c3c5oc6ccccc6c5cc5oc6ccccc6c35)C4)c3ccccc23)cc1. The summed E-state index contributed by atoms with van der Waals surface area (Å²) in [4.78, 5) is 0. The summed E-state index contributed by atoms with van der Waals surface area (Å²) in [7, 11) is 0. The zero-order chi connectivity index (χ0) is 36.5. The maximum absolute atomic E-state index is 7.21. The second-order valence-corrected chi connectivity index (χ2v) is 15.0. The maximum atomic E-state index is 7.21. The van der Waals surface area contributed by atoms with Gasteiger partial charge < -0.3 is 18.0 Å². The van der Waals surface area contributed by atoms with Crippen LogP contribution >= 0.6 is 0 Å². The molecule has 9 aromatic carbocycles. The van der Waals surface area contributed by atoms with Crippen LogP contribution in [0.25, 0.3) is 110 Å². The van der Waals surface area contributed by atoms with Crippen LogP contribution in [0.5, 0.6) is 5.75 Å². The minimum absolute atomic E-state index is 0.349. The van der Waals surface area contributed by atoms with E-state index < -0.39 is 0 Å². The van der Waals surface area contributed by atoms with Crippen molar-refractivity contribution in [2.24, 2.45) is 0 Å². The molecule has 1 aliphatic rings. The summed E-state index contributed by atoms with van der Waals surface area (Å²) in [5.41, 5.74) is 11.8. The predicted molar refractivity (Wildman–Crippen MR) is 228 cm³/mol. The fourth-order valence-electron chi connectivity index (χ4n) is 9.69. The molecule has 0 bridgehead atoms. The second-order valence-electron chi connectivity index (χ2n) is 15.0. The van der Waals surface area contributed by atoms with Gasteiger partial charge in [-0.3, -0.25) is 0 Å². The van der Waals surface area contributed by atoms with Gasteiger partial charge in [-0.25, -0.2) is 0 Å². The smallest absolute Gasteiger partial charge is 0.178 e. The maximum Gasteiger partial charge on any atom is 0.178 e. The number of ether oxygens (including phenoxy) is 1. The van der Waals surface area contributed by atoms with E-state index in [4.69, 9.17) is 18.0 Å². The summed E-state index contributed by atoms with van der Waals surface area (Å²) in [6.45, 7) is 0. The van der Waals surface area contributed by atoms with Gasteiger partial charge in [0.05, 0.1) is 0 Å². The van der Waals surface area contributed by atoms with Gasteiger partial charge in [0.15, 0.2) is 11.3 Å². The molecular weight excluding hydrogens is 689 g/mol. The number of hydrogen-bond donors (Lipinski definition) is 0. The summed E-state index contributed by atoms with van der Waals surface area (Å²) in [5.74, 6) is 0.786. The lowest BCUT2D eigenvalue weighted by Gasteiger charge is -2.18. The third-order valence-electron chi connectivity index (χ3n) is 12.0. The summed E-state index contributed by atoms with van der Waals surface area (Å²) >= 11 is 0. The monoisotopic (exact) mass is 718 g/mol. The van der Waals surface area contributed by atoms with Gasteiger partial charge in [-0.1, -0.05) is 133 Å². The van der Waals surface area contributed by atoms with Crippen LogP contribution in [-0.2, 0) is 6.42 Å². The first-order valence-corrected chi connectivity index (χ1v) is 19.2. The van der Waals surface area contributed by atoms with Gasteiger partial charge >= 0.3 is 0 Å². The first-order valence-electron chi connectivity index (χ1n) is 19.2. The molecule has 13 rings (SSSR count). The van der Waals surface area contributed by atoms with Crippen LogP contribution in [0.15, 0.2) is 177 Å². The van der Waals surface area contributed by atoms with Gasteiger partial charge in [-0.05, 0) is 74.1 Å². The molecule has 0 fully saturated rings. The number of para-hydroxylation sites is 3. The number of rotatable bonds is 3. The van der Waals surface area contributed by atoms with Crippen molar-refractivity contribution in [1.82, 2.24) is 0 Å². The molecule has 0 saturated heterocycles. The van der Waals surface area contributed by atoms with E-state index in [-0.39, 0.29) is 6.10 Å². The lowest BCUT2D eigenvalue weighted by atomic mass is 9.84. The van der Waals surface area contributed by atoms with E-state index in [2.05, 4.69) is 133 Å². The molecule has 0 spiro atoms. The fourth-order valence-corrected chi connectivity index (χ4v) is 9.69. The Hall–Kier alpha value is -7.30. The van der Waals surface area contributed by atoms with Gasteiger partial charge in [-0.2, -0.15) is 0 Å². The van der Waals surface area contributed by atoms with Crippen molar-refractivity contribution in [3.8, 4) is 28.0 Å². The summed E-state index contributed by atoms with van der Waals surface area (Å²) < 4.78 is 27.4. The van der Waals surface area contributed by atoms with E-state index in [0.717, 1.165) is 88.3 Å². The standard InChI is InChI=1S/C52H30O4/c1-2-14-29(15-3-1)45-32-17-4-6-19-34(32)46(35-20-7-5-18-33(35)45)39-26-30-27-43(56-50(30)52-47(39)36-21-9-13-25-42(36)55-52)49-48-37-22-10-12-24-41(37)53-44(48)28-38-31-16-8-11-23-40(31)54-51(38)49/h1-26,28,43H,27H2. The van der Waals surface area contributed by atoms with E-state index in [0.29, 0.717) is 6.42 Å². The molecule has 12 aromatic rings. The fraction of sp³-hybridized carbons (Fsp3) is 0.0385. The minimum Gasteiger partial charge on any atom is -0.481 e. The first kappa shape index (κ1) is 30.1. The molecule has 4 heterocycles. The van der Waals surface area contributed by atoms with Crippen molar-refractivity contribution in [1.29, 1.82) is 0 Å². The van der Waals surface area contributed by atoms with Crippen LogP contribution in [0, 0.1) is 0 Å². The molecule has 4 heteroatoms. The van der Waals surface area contributed by atoms with E-state index in [1.807, 2.05) is 30.3 Å². The van der Waals surface area contributed by atoms with Gasteiger partial charge in [-0.15, -0.1) is 0 Å². The number of fused-ring (bicyclic) bond motifs is 13. The van der Waals surface area contributed by atoms with Crippen molar-refractivity contribution >= 4 is 87.4 Å². The van der Waals surface area contributed by atoms with Gasteiger partial charge in [0, 0.05) is 49.9 Å². The molecule has 3 aromatic heterocycles. The zero-order valence-electron chi connectivity index (χ0n) is 30.0. The summed E-state index contributed by atoms with van der Waals surface area (Å²) in [6, 6.07) is 57.8. The molecule has 1 unspecified atom stereocenters. The van der Waals surface area contributed by atoms with E-state index in [1.54, 1.807) is 0 Å². The Morgan fingerprint density at radius 3 is 1.59 bits per heavy atom. The van der Waals surface area contributed by atoms with Gasteiger partial charge in [0.2, 0.25) is 0 Å². The van der Waals surface area contributed by atoms with Crippen LogP contribution in [0.2, 0.25) is 0 Å². The third kappa shape index (κ3) is 4.02. The van der Waals surface area contributed by atoms with Crippen molar-refractivity contribution in [2.45, 2.75) is 12.5 Å². The summed E-state index contributed by atoms with van der Waals surface area (Å²) in [6.07, 6.45) is 0.288. The van der Waals surface area contributed by atoms with Crippen LogP contribution < -0.4 is 4.74 Å². The van der Waals surface area contributed by atoms with Crippen LogP contribution in [0.3, 0.4) is 0 Å². The zero-order valence-corrected chi connectivity index (χ0v) is 30.0. The molecule has 0 radical (unpaired) electrons. The van der Waals surface area contributed by atoms with Crippen molar-refractivity contribution in [3.05, 3.63) is 175 Å². The molecule has 56 heavy (non-hydrogen) atoms. The van der Waals surface area contributed by atoms with E-state index >= 15 is 0 Å². The predicted octanol–water partition coefficient (Wildman–Crippen LogP) is 14.7. The quantitative estimate of drug-likeness (QED) is 0.171. The van der Waals surface area contributed by atoms with E-state index in [1.165, 1.54) is 38.2 Å². The Morgan fingerprint density at radius 2 is 0.911 bits per heavy atom. The number of benzene rings is 9. The highest BCUT2D eigenvalue weighted by Crippen LogP contribution is 2.54. The molecule has 262 valence electrons. The average molecular weight is 719 g/mol. The first-order chi connectivity index (χ1) is 27.8. The third-order valence-corrected chi connectivity index (χ3v) is 12.0. The Balaban J connectivity index is 1.12. The Bertz CT molecular complexity index is 3540. The molecule has 0 saturated carbocycles. The van der Waals surface area contributed by atoms with Crippen molar-refractivity contribution in [3.63, 3.8) is 0 Å². The topological polar surface area (TPSA) is 48.7 Å². The second kappa shape index (κ2) is 11.1. The molecule has 0 amide bonds. The molecule has 1 atom stereocenters. The van der Waals surface area contributed by atoms with Gasteiger partial charge in [0.25, 0.3) is 0 Å². The Morgan fingerprint density at radius 1 is 0.393 bits per heavy atom. The molecule has 0 N–H and O–H groups in total. The number of hydrogen-bond acceptors (Lipinski definition) is 4. The van der Waals surface area contributed by atoms with Crippen molar-refractivity contribution in [2.75, 3.05) is 0 Å². The molecule has 4 nitrogen and oxygen atoms in total. The summed E-state index contributed by atoms with van der Waals surface area (Å²) in [5, 5.41) is 11.1. The highest BCUT2D eigenvalue weighted by molar-refractivity contribution is 6.26. The average Bonchev–Trinajstić information content (AvgIpc) is 4.03. The molecule has 0 aliphatic carbocycles. The minimum atomic E-state index is -0.349. The largest absolute Gasteiger partial charge is 0.481 e. The lowest BCUT2D eigenvalue weighted by Crippen LogP contribution is -2.04. The van der Waals surface area contributed by atoms with E-state index in [9.17, 15) is 0 Å². The van der Waals surface area contributed by atoms with Crippen LogP contribution in [-0.4, -0.2) is 0 Å². The molecule has 1 aliphatic heterocycles. The lowest BCUT2D eigenvalue weighted by molar-refractivity contribution is 0.241. The highest BCUT2D eigenvalue weighted by Gasteiger charge is 2.35. The Kier molecular flexibility index (Phi) is 5.97. The van der Waals surface area contributed by atoms with Gasteiger partial charge in [0.1, 0.15) is 34.0 Å². The Labute approximate surface area is 319 Å². The highest BCUT2D eigenvalue weighted by atomic mass is 16.5. The van der Waals surface area contributed by atoms with Crippen molar-refractivity contribution < 1.29 is 18.0 Å². The number of furan rings is 3. The molecular formula is C52H30O4.